The van der Waals surface area contributed by atoms with Gasteiger partial charge in [0.1, 0.15) is 4.93 Å². The Kier molecular flexibility index (Phi) is 7.87. The molecule has 0 aromatic carbocycles. The predicted octanol–water partition coefficient (Wildman–Crippen LogP) is 2.06. The third-order valence-corrected chi connectivity index (χ3v) is 4.95. The van der Waals surface area contributed by atoms with Crippen molar-refractivity contribution in [1.29, 1.82) is 0 Å². The molecule has 6 heteroatoms. The van der Waals surface area contributed by atoms with Gasteiger partial charge in [-0.15, -0.1) is 12.6 Å². The Labute approximate surface area is 105 Å². The zero-order valence-corrected chi connectivity index (χ0v) is 12.5. The highest BCUT2D eigenvalue weighted by molar-refractivity contribution is 7.81. The lowest BCUT2D eigenvalue weighted by atomic mass is 10.2. The minimum absolute atomic E-state index is 0.140. The van der Waals surface area contributed by atoms with Crippen LogP contribution in [0.25, 0.3) is 0 Å². The second-order valence-corrected chi connectivity index (χ2v) is 7.28. The Morgan fingerprint density at radius 1 is 1.25 bits per heavy atom. The molecular formula is C10H24O4SSi. The first-order chi connectivity index (χ1) is 7.39. The lowest BCUT2D eigenvalue weighted by Crippen LogP contribution is -2.48. The van der Waals surface area contributed by atoms with Crippen LogP contribution in [0.1, 0.15) is 33.6 Å². The van der Waals surface area contributed by atoms with Crippen LogP contribution >= 0.6 is 12.6 Å². The predicted molar refractivity (Wildman–Crippen MR) is 69.7 cm³/mol. The number of hydrogen-bond donors (Lipinski definition) is 2. The van der Waals surface area contributed by atoms with Crippen molar-refractivity contribution in [3.05, 3.63) is 0 Å². The van der Waals surface area contributed by atoms with E-state index in [2.05, 4.69) is 12.6 Å². The summed E-state index contributed by atoms with van der Waals surface area (Å²) in [6.07, 6.45) is 1.32. The van der Waals surface area contributed by atoms with Crippen LogP contribution in [0.5, 0.6) is 0 Å². The first kappa shape index (κ1) is 16.4. The van der Waals surface area contributed by atoms with E-state index >= 15 is 0 Å². The summed E-state index contributed by atoms with van der Waals surface area (Å²) in [4.78, 5) is -0.617. The number of aliphatic hydroxyl groups is 1. The van der Waals surface area contributed by atoms with Crippen LogP contribution in [0.2, 0.25) is 6.55 Å². The van der Waals surface area contributed by atoms with Crippen LogP contribution in [-0.2, 0) is 13.3 Å². The summed E-state index contributed by atoms with van der Waals surface area (Å²) in [6.45, 7) is 8.83. The Morgan fingerprint density at radius 3 is 2.12 bits per heavy atom. The normalized spacial score (nSPS) is 16.1. The average Bonchev–Trinajstić information content (AvgIpc) is 2.14. The minimum Gasteiger partial charge on any atom is -0.396 e. The van der Waals surface area contributed by atoms with E-state index < -0.39 is 13.7 Å². The summed E-state index contributed by atoms with van der Waals surface area (Å²) in [5.74, 6) is 0. The fraction of sp³-hybridized carbons (Fsp3) is 1.00. The lowest BCUT2D eigenvalue weighted by molar-refractivity contribution is 0.0250. The van der Waals surface area contributed by atoms with E-state index in [4.69, 9.17) is 18.4 Å². The van der Waals surface area contributed by atoms with Crippen molar-refractivity contribution in [3.8, 4) is 0 Å². The van der Waals surface area contributed by atoms with E-state index in [1.54, 1.807) is 0 Å². The fourth-order valence-electron chi connectivity index (χ4n) is 1.48. The zero-order chi connectivity index (χ0) is 12.7. The molecule has 1 unspecified atom stereocenters. The van der Waals surface area contributed by atoms with E-state index in [-0.39, 0.29) is 6.61 Å². The third kappa shape index (κ3) is 6.88. The van der Waals surface area contributed by atoms with Gasteiger partial charge in [-0.3, -0.25) is 0 Å². The molecule has 0 fully saturated rings. The fourth-order valence-corrected chi connectivity index (χ4v) is 4.29. The highest BCUT2D eigenvalue weighted by Gasteiger charge is 2.40. The third-order valence-electron chi connectivity index (χ3n) is 2.02. The van der Waals surface area contributed by atoms with E-state index in [9.17, 15) is 0 Å². The van der Waals surface area contributed by atoms with Crippen molar-refractivity contribution in [2.24, 2.45) is 0 Å². The average molecular weight is 268 g/mol. The smallest absolute Gasteiger partial charge is 0.396 e. The van der Waals surface area contributed by atoms with E-state index in [1.165, 1.54) is 0 Å². The van der Waals surface area contributed by atoms with Gasteiger partial charge in [0.2, 0.25) is 0 Å². The number of hydrogen-bond acceptors (Lipinski definition) is 5. The summed E-state index contributed by atoms with van der Waals surface area (Å²) in [5.41, 5.74) is 0. The minimum atomic E-state index is -2.59. The molecule has 16 heavy (non-hydrogen) atoms. The highest BCUT2D eigenvalue weighted by atomic mass is 32.1. The molecule has 0 spiro atoms. The maximum Gasteiger partial charge on any atom is 0.498 e. The number of thiol groups is 1. The van der Waals surface area contributed by atoms with Gasteiger partial charge in [-0.05, 0) is 33.6 Å². The van der Waals surface area contributed by atoms with Crippen molar-refractivity contribution < 1.29 is 18.4 Å². The van der Waals surface area contributed by atoms with Gasteiger partial charge in [-0.1, -0.05) is 0 Å². The quantitative estimate of drug-likeness (QED) is 0.382. The summed E-state index contributed by atoms with van der Waals surface area (Å²) >= 11 is 4.44. The van der Waals surface area contributed by atoms with Gasteiger partial charge in [0.25, 0.3) is 0 Å². The Bertz CT molecular complexity index is 184. The highest BCUT2D eigenvalue weighted by Crippen LogP contribution is 2.27. The topological polar surface area (TPSA) is 47.9 Å². The van der Waals surface area contributed by atoms with Gasteiger partial charge in [-0.2, -0.15) is 0 Å². The van der Waals surface area contributed by atoms with Crippen molar-refractivity contribution >= 4 is 21.4 Å². The van der Waals surface area contributed by atoms with Gasteiger partial charge < -0.3 is 18.4 Å². The largest absolute Gasteiger partial charge is 0.498 e. The Hall–Kier alpha value is 0.407. The molecule has 0 aromatic rings. The molecule has 0 saturated carbocycles. The molecule has 1 N–H and O–H groups in total. The molecule has 4 nitrogen and oxygen atoms in total. The number of aliphatic hydroxyl groups excluding tert-OH is 1. The summed E-state index contributed by atoms with van der Waals surface area (Å²) in [7, 11) is -2.59. The molecule has 0 heterocycles. The van der Waals surface area contributed by atoms with Gasteiger partial charge >= 0.3 is 8.80 Å². The van der Waals surface area contributed by atoms with Crippen LogP contribution in [0.3, 0.4) is 0 Å². The molecular weight excluding hydrogens is 244 g/mol. The molecule has 0 bridgehead atoms. The molecule has 0 saturated heterocycles. The summed E-state index contributed by atoms with van der Waals surface area (Å²) in [6, 6.07) is 0. The van der Waals surface area contributed by atoms with Crippen molar-refractivity contribution in [1.82, 2.24) is 0 Å². The lowest BCUT2D eigenvalue weighted by Gasteiger charge is -2.34. The number of rotatable bonds is 9. The van der Waals surface area contributed by atoms with Crippen LogP contribution in [0, 0.1) is 0 Å². The van der Waals surface area contributed by atoms with Gasteiger partial charge in [0.05, 0.1) is 0 Å². The van der Waals surface area contributed by atoms with Crippen LogP contribution in [0.15, 0.2) is 0 Å². The Balaban J connectivity index is 4.35. The van der Waals surface area contributed by atoms with Crippen molar-refractivity contribution in [3.63, 3.8) is 0 Å². The SMILES string of the molecule is CCO[Si](C)(OCC)OC(C)(S)CCCO. The van der Waals surface area contributed by atoms with E-state index in [0.29, 0.717) is 26.1 Å². The van der Waals surface area contributed by atoms with Crippen molar-refractivity contribution in [2.75, 3.05) is 19.8 Å². The maximum atomic E-state index is 8.79. The second kappa shape index (κ2) is 7.68. The second-order valence-electron chi connectivity index (χ2n) is 3.83. The molecule has 98 valence electrons. The van der Waals surface area contributed by atoms with Crippen LogP contribution in [0.4, 0.5) is 0 Å². The zero-order valence-electron chi connectivity index (χ0n) is 10.7. The molecule has 0 aromatic heterocycles. The maximum absolute atomic E-state index is 8.79. The summed E-state index contributed by atoms with van der Waals surface area (Å²) in [5, 5.41) is 8.79. The van der Waals surface area contributed by atoms with E-state index in [0.717, 1.165) is 0 Å². The summed E-state index contributed by atoms with van der Waals surface area (Å²) < 4.78 is 17.0. The monoisotopic (exact) mass is 268 g/mol. The van der Waals surface area contributed by atoms with Crippen LogP contribution < -0.4 is 0 Å². The van der Waals surface area contributed by atoms with Gasteiger partial charge in [0.15, 0.2) is 0 Å². The van der Waals surface area contributed by atoms with Gasteiger partial charge in [-0.25, -0.2) is 0 Å². The standard InChI is InChI=1S/C10H24O4SSi/c1-5-12-16(4,13-6-2)14-10(3,15)8-7-9-11/h11,15H,5-9H2,1-4H3. The molecule has 0 aliphatic carbocycles. The first-order valence-electron chi connectivity index (χ1n) is 5.70. The van der Waals surface area contributed by atoms with E-state index in [1.807, 2.05) is 27.3 Å². The molecule has 0 aliphatic heterocycles. The molecule has 0 rings (SSSR count). The molecule has 1 atom stereocenters. The van der Waals surface area contributed by atoms with Crippen LogP contribution in [-0.4, -0.2) is 38.7 Å². The molecule has 0 radical (unpaired) electrons. The van der Waals surface area contributed by atoms with Crippen molar-refractivity contribution in [2.45, 2.75) is 45.1 Å². The Morgan fingerprint density at radius 2 is 1.75 bits per heavy atom. The molecule has 0 amide bonds. The first-order valence-corrected chi connectivity index (χ1v) is 8.37. The van der Waals surface area contributed by atoms with Gasteiger partial charge in [0, 0.05) is 26.4 Å². The molecule has 0 aliphatic rings.